The van der Waals surface area contributed by atoms with Gasteiger partial charge in [0.2, 0.25) is 11.8 Å². The third-order valence-corrected chi connectivity index (χ3v) is 4.64. The van der Waals surface area contributed by atoms with Gasteiger partial charge in [0.25, 0.3) is 0 Å². The number of aliphatic hydroxyl groups excluding tert-OH is 1. The Morgan fingerprint density at radius 1 is 0.750 bits per heavy atom. The second kappa shape index (κ2) is 13.6. The molecular weight excluding hydrogens is 494 g/mol. The van der Waals surface area contributed by atoms with E-state index in [1.807, 2.05) is 0 Å². The zero-order valence-corrected chi connectivity index (χ0v) is 19.5. The lowest BCUT2D eigenvalue weighted by Crippen LogP contribution is -2.19. The molecule has 0 bridgehead atoms. The van der Waals surface area contributed by atoms with Crippen molar-refractivity contribution in [2.45, 2.75) is 58.0 Å². The Balaban J connectivity index is 0.000000360. The minimum absolute atomic E-state index is 0.0719. The maximum Gasteiger partial charge on any atom is 0.416 e. The molecule has 12 heteroatoms. The number of aliphatic hydroxyl groups is 1. The van der Waals surface area contributed by atoms with Crippen LogP contribution in [-0.4, -0.2) is 28.8 Å². The molecule has 3 N–H and O–H groups in total. The SMILES string of the molecule is CCC(=O)CC(=O)Nc1ccc(C(F)(F)F)cc1.CC[C@H](O)CC(=O)Nc1ccc(C(F)(F)F)cc1. The van der Waals surface area contributed by atoms with Crippen molar-refractivity contribution in [3.05, 3.63) is 59.7 Å². The Morgan fingerprint density at radius 3 is 1.47 bits per heavy atom. The van der Waals surface area contributed by atoms with E-state index in [4.69, 9.17) is 0 Å². The fourth-order valence-corrected chi connectivity index (χ4v) is 2.56. The van der Waals surface area contributed by atoms with Crippen LogP contribution in [0.1, 0.15) is 50.7 Å². The highest BCUT2D eigenvalue weighted by molar-refractivity contribution is 6.04. The molecule has 0 radical (unpaired) electrons. The Morgan fingerprint density at radius 2 is 1.14 bits per heavy atom. The van der Waals surface area contributed by atoms with E-state index in [0.717, 1.165) is 36.4 Å². The lowest BCUT2D eigenvalue weighted by Gasteiger charge is -2.10. The number of anilines is 2. The van der Waals surface area contributed by atoms with Gasteiger partial charge in [0.15, 0.2) is 0 Å². The van der Waals surface area contributed by atoms with Crippen molar-refractivity contribution in [1.82, 2.24) is 0 Å². The molecule has 0 aliphatic rings. The monoisotopic (exact) mass is 520 g/mol. The summed E-state index contributed by atoms with van der Waals surface area (Å²) in [6.07, 6.45) is -9.17. The molecule has 2 amide bonds. The van der Waals surface area contributed by atoms with Gasteiger partial charge in [-0.2, -0.15) is 26.3 Å². The second-order valence-electron chi connectivity index (χ2n) is 7.58. The number of alkyl halides is 6. The molecule has 0 unspecified atom stereocenters. The van der Waals surface area contributed by atoms with E-state index in [-0.39, 0.29) is 36.4 Å². The van der Waals surface area contributed by atoms with Crippen molar-refractivity contribution in [3.8, 4) is 0 Å². The normalized spacial score (nSPS) is 12.1. The summed E-state index contributed by atoms with van der Waals surface area (Å²) in [6.45, 7) is 3.36. The van der Waals surface area contributed by atoms with Crippen LogP contribution in [0.2, 0.25) is 0 Å². The number of halogens is 6. The van der Waals surface area contributed by atoms with Crippen LogP contribution in [0.4, 0.5) is 37.7 Å². The summed E-state index contributed by atoms with van der Waals surface area (Å²) in [6, 6.07) is 8.19. The van der Waals surface area contributed by atoms with E-state index in [2.05, 4.69) is 10.6 Å². The summed E-state index contributed by atoms with van der Waals surface area (Å²) in [5.41, 5.74) is -1.05. The molecule has 2 rings (SSSR count). The molecule has 0 aromatic heterocycles. The molecule has 0 spiro atoms. The molecule has 0 saturated heterocycles. The number of benzene rings is 2. The average molecular weight is 520 g/mol. The van der Waals surface area contributed by atoms with Crippen molar-refractivity contribution >= 4 is 29.0 Å². The molecule has 2 aromatic carbocycles. The standard InChI is InChI=1S/C12H14F3NO2.C12H12F3NO2/c2*1-2-10(17)7-11(18)16-9-5-3-8(4-6-9)12(13,14)15/h3-6,10,17H,2,7H2,1H3,(H,16,18);3-6H,2,7H2,1H3,(H,16,18)/t10-;/m0./s1. The van der Waals surface area contributed by atoms with Crippen molar-refractivity contribution in [3.63, 3.8) is 0 Å². The molecule has 0 aliphatic carbocycles. The summed E-state index contributed by atoms with van der Waals surface area (Å²) < 4.78 is 73.6. The van der Waals surface area contributed by atoms with E-state index in [9.17, 15) is 45.8 Å². The van der Waals surface area contributed by atoms with Gasteiger partial charge < -0.3 is 15.7 Å². The van der Waals surface area contributed by atoms with E-state index < -0.39 is 41.4 Å². The van der Waals surface area contributed by atoms with Crippen molar-refractivity contribution in [1.29, 1.82) is 0 Å². The molecule has 0 saturated carbocycles. The van der Waals surface area contributed by atoms with Crippen molar-refractivity contribution in [2.75, 3.05) is 10.6 Å². The number of amides is 2. The van der Waals surface area contributed by atoms with Gasteiger partial charge in [-0.15, -0.1) is 0 Å². The molecule has 2 aromatic rings. The third kappa shape index (κ3) is 11.3. The predicted molar refractivity (Wildman–Crippen MR) is 121 cm³/mol. The number of carbonyl (C=O) groups excluding carboxylic acids is 3. The Labute approximate surface area is 203 Å². The highest BCUT2D eigenvalue weighted by Crippen LogP contribution is 2.30. The maximum atomic E-state index is 12.3. The molecule has 1 atom stereocenters. The average Bonchev–Trinajstić information content (AvgIpc) is 2.78. The number of nitrogens with one attached hydrogen (secondary N) is 2. The Bertz CT molecular complexity index is 1000. The van der Waals surface area contributed by atoms with Gasteiger partial charge in [-0.25, -0.2) is 0 Å². The Kier molecular flexibility index (Phi) is 11.6. The van der Waals surface area contributed by atoms with Crippen LogP contribution in [0.3, 0.4) is 0 Å². The quantitative estimate of drug-likeness (QED) is 0.302. The van der Waals surface area contributed by atoms with Crippen molar-refractivity contribution in [2.24, 2.45) is 0 Å². The molecular formula is C24H26F6N2O4. The van der Waals surface area contributed by atoms with Gasteiger partial charge in [-0.05, 0) is 55.0 Å². The van der Waals surface area contributed by atoms with Crippen LogP contribution in [0.15, 0.2) is 48.5 Å². The molecule has 198 valence electrons. The highest BCUT2D eigenvalue weighted by Gasteiger charge is 2.30. The Hall–Kier alpha value is -3.41. The summed E-state index contributed by atoms with van der Waals surface area (Å²) in [5, 5.41) is 14.0. The van der Waals surface area contributed by atoms with Gasteiger partial charge in [-0.3, -0.25) is 14.4 Å². The van der Waals surface area contributed by atoms with Gasteiger partial charge in [0, 0.05) is 17.8 Å². The van der Waals surface area contributed by atoms with Crippen LogP contribution in [0.25, 0.3) is 0 Å². The van der Waals surface area contributed by atoms with Gasteiger partial charge >= 0.3 is 12.4 Å². The first kappa shape index (κ1) is 30.6. The first-order chi connectivity index (χ1) is 16.6. The molecule has 0 fully saturated rings. The van der Waals surface area contributed by atoms with E-state index in [0.29, 0.717) is 6.42 Å². The number of hydrogen-bond acceptors (Lipinski definition) is 4. The fraction of sp³-hybridized carbons (Fsp3) is 0.375. The maximum absolute atomic E-state index is 12.3. The molecule has 0 aliphatic heterocycles. The summed E-state index contributed by atoms with van der Waals surface area (Å²) >= 11 is 0. The number of ketones is 1. The van der Waals surface area contributed by atoms with Gasteiger partial charge in [-0.1, -0.05) is 13.8 Å². The number of hydrogen-bond donors (Lipinski definition) is 3. The van der Waals surface area contributed by atoms with Crippen molar-refractivity contribution < 1.29 is 45.8 Å². The molecule has 0 heterocycles. The fourth-order valence-electron chi connectivity index (χ4n) is 2.56. The molecule has 6 nitrogen and oxygen atoms in total. The molecule has 36 heavy (non-hydrogen) atoms. The summed E-state index contributed by atoms with van der Waals surface area (Å²) in [5.74, 6) is -1.18. The zero-order chi connectivity index (χ0) is 27.5. The second-order valence-corrected chi connectivity index (χ2v) is 7.58. The minimum Gasteiger partial charge on any atom is -0.393 e. The third-order valence-electron chi connectivity index (χ3n) is 4.64. The van der Waals surface area contributed by atoms with Crippen LogP contribution in [0, 0.1) is 0 Å². The highest BCUT2D eigenvalue weighted by atomic mass is 19.4. The van der Waals surface area contributed by atoms with Gasteiger partial charge in [0.1, 0.15) is 5.78 Å². The largest absolute Gasteiger partial charge is 0.416 e. The van der Waals surface area contributed by atoms with E-state index in [1.165, 1.54) is 12.1 Å². The summed E-state index contributed by atoms with van der Waals surface area (Å²) in [7, 11) is 0. The van der Waals surface area contributed by atoms with E-state index >= 15 is 0 Å². The number of Topliss-reactive ketones (excluding diaryl/α,β-unsaturated/α-hetero) is 1. The first-order valence-electron chi connectivity index (χ1n) is 10.8. The smallest absolute Gasteiger partial charge is 0.393 e. The van der Waals surface area contributed by atoms with Crippen LogP contribution in [-0.2, 0) is 26.7 Å². The van der Waals surface area contributed by atoms with Gasteiger partial charge in [0.05, 0.1) is 30.1 Å². The zero-order valence-electron chi connectivity index (χ0n) is 19.5. The number of carbonyl (C=O) groups is 3. The predicted octanol–water partition coefficient (Wildman–Crippen LogP) is 5.82. The lowest BCUT2D eigenvalue weighted by molar-refractivity contribution is -0.138. The summed E-state index contributed by atoms with van der Waals surface area (Å²) in [4.78, 5) is 33.7. The van der Waals surface area contributed by atoms with E-state index in [1.54, 1.807) is 13.8 Å². The number of rotatable bonds is 8. The first-order valence-corrected chi connectivity index (χ1v) is 10.8. The minimum atomic E-state index is -4.40. The van der Waals surface area contributed by atoms with Crippen LogP contribution in [0.5, 0.6) is 0 Å². The topological polar surface area (TPSA) is 95.5 Å². The van der Waals surface area contributed by atoms with Crippen LogP contribution < -0.4 is 10.6 Å². The van der Waals surface area contributed by atoms with Crippen LogP contribution >= 0.6 is 0 Å². The lowest BCUT2D eigenvalue weighted by atomic mass is 10.1.